The molecule has 0 aromatic rings. The zero-order chi connectivity index (χ0) is 13.2. The first-order chi connectivity index (χ1) is 8.48. The summed E-state index contributed by atoms with van der Waals surface area (Å²) in [5.41, 5.74) is 0. The van der Waals surface area contributed by atoms with Gasteiger partial charge >= 0.3 is 0 Å². The molecule has 2 aliphatic rings. The van der Waals surface area contributed by atoms with Crippen LogP contribution in [0.25, 0.3) is 0 Å². The molecule has 2 saturated heterocycles. The van der Waals surface area contributed by atoms with Crippen LogP contribution in [0.2, 0.25) is 0 Å². The summed E-state index contributed by atoms with van der Waals surface area (Å²) in [6, 6.07) is 0. The summed E-state index contributed by atoms with van der Waals surface area (Å²) in [5.74, 6) is 0.320. The molecule has 2 aliphatic heterocycles. The summed E-state index contributed by atoms with van der Waals surface area (Å²) in [6.07, 6.45) is 3.01. The molecule has 0 spiro atoms. The second-order valence-electron chi connectivity index (χ2n) is 5.01. The molecule has 104 valence electrons. The summed E-state index contributed by atoms with van der Waals surface area (Å²) in [7, 11) is -3.11. The van der Waals surface area contributed by atoms with Gasteiger partial charge in [-0.3, -0.25) is 4.79 Å². The highest BCUT2D eigenvalue weighted by Crippen LogP contribution is 2.17. The van der Waals surface area contributed by atoms with E-state index in [1.807, 2.05) is 4.90 Å². The van der Waals surface area contributed by atoms with Crippen molar-refractivity contribution >= 4 is 15.9 Å². The van der Waals surface area contributed by atoms with Crippen LogP contribution < -0.4 is 5.32 Å². The van der Waals surface area contributed by atoms with E-state index in [2.05, 4.69) is 5.32 Å². The average Bonchev–Trinajstić information content (AvgIpc) is 2.38. The Balaban J connectivity index is 1.87. The van der Waals surface area contributed by atoms with Gasteiger partial charge in [0.05, 0.1) is 6.26 Å². The maximum absolute atomic E-state index is 12.2. The molecule has 2 fully saturated rings. The van der Waals surface area contributed by atoms with Crippen molar-refractivity contribution in [3.63, 3.8) is 0 Å². The van der Waals surface area contributed by atoms with Crippen LogP contribution in [0.1, 0.15) is 12.8 Å². The molecule has 0 radical (unpaired) electrons. The van der Waals surface area contributed by atoms with Crippen molar-refractivity contribution in [2.75, 3.05) is 45.5 Å². The van der Waals surface area contributed by atoms with Crippen LogP contribution in [0.15, 0.2) is 0 Å². The Bertz CT molecular complexity index is 396. The van der Waals surface area contributed by atoms with E-state index in [4.69, 9.17) is 0 Å². The first-order valence-electron chi connectivity index (χ1n) is 6.43. The Morgan fingerprint density at radius 3 is 2.17 bits per heavy atom. The molecule has 0 unspecified atom stereocenters. The Morgan fingerprint density at radius 2 is 1.67 bits per heavy atom. The van der Waals surface area contributed by atoms with Crippen LogP contribution in [0.4, 0.5) is 0 Å². The third kappa shape index (κ3) is 3.21. The van der Waals surface area contributed by atoms with Gasteiger partial charge in [0.15, 0.2) is 0 Å². The highest BCUT2D eigenvalue weighted by atomic mass is 32.2. The Kier molecular flexibility index (Phi) is 4.24. The first kappa shape index (κ1) is 13.8. The topological polar surface area (TPSA) is 69.7 Å². The Hall–Kier alpha value is -0.660. The summed E-state index contributed by atoms with van der Waals surface area (Å²) in [5, 5.41) is 3.24. The van der Waals surface area contributed by atoms with Gasteiger partial charge in [-0.1, -0.05) is 0 Å². The van der Waals surface area contributed by atoms with Crippen molar-refractivity contribution in [1.82, 2.24) is 14.5 Å². The van der Waals surface area contributed by atoms with Crippen LogP contribution >= 0.6 is 0 Å². The van der Waals surface area contributed by atoms with Crippen LogP contribution in [0.5, 0.6) is 0 Å². The number of piperidine rings is 1. The molecule has 0 bridgehead atoms. The monoisotopic (exact) mass is 275 g/mol. The molecule has 2 heterocycles. The molecule has 18 heavy (non-hydrogen) atoms. The van der Waals surface area contributed by atoms with E-state index in [1.54, 1.807) is 0 Å². The van der Waals surface area contributed by atoms with Crippen molar-refractivity contribution in [1.29, 1.82) is 0 Å². The lowest BCUT2D eigenvalue weighted by molar-refractivity contribution is -0.137. The van der Waals surface area contributed by atoms with Crippen LogP contribution in [-0.2, 0) is 14.8 Å². The Morgan fingerprint density at radius 1 is 1.11 bits per heavy atom. The van der Waals surface area contributed by atoms with Crippen molar-refractivity contribution in [2.24, 2.45) is 5.92 Å². The van der Waals surface area contributed by atoms with Crippen molar-refractivity contribution in [3.8, 4) is 0 Å². The molecule has 0 aromatic heterocycles. The second-order valence-corrected chi connectivity index (χ2v) is 6.99. The number of carbonyl (C=O) groups excluding carboxylic acids is 1. The third-order valence-corrected chi connectivity index (χ3v) is 5.01. The molecule has 1 N–H and O–H groups in total. The van der Waals surface area contributed by atoms with Crippen molar-refractivity contribution in [3.05, 3.63) is 0 Å². The van der Waals surface area contributed by atoms with E-state index in [0.29, 0.717) is 26.2 Å². The van der Waals surface area contributed by atoms with Gasteiger partial charge in [0.2, 0.25) is 15.9 Å². The predicted octanol–water partition coefficient (Wildman–Crippen LogP) is -0.910. The van der Waals surface area contributed by atoms with E-state index in [9.17, 15) is 13.2 Å². The van der Waals surface area contributed by atoms with Gasteiger partial charge in [-0.15, -0.1) is 0 Å². The first-order valence-corrected chi connectivity index (χ1v) is 8.28. The number of hydrogen-bond acceptors (Lipinski definition) is 4. The van der Waals surface area contributed by atoms with Gasteiger partial charge in [-0.2, -0.15) is 4.31 Å². The smallest absolute Gasteiger partial charge is 0.225 e. The third-order valence-electron chi connectivity index (χ3n) is 3.71. The summed E-state index contributed by atoms with van der Waals surface area (Å²) in [4.78, 5) is 14.1. The lowest BCUT2D eigenvalue weighted by Gasteiger charge is -2.36. The average molecular weight is 275 g/mol. The van der Waals surface area contributed by atoms with E-state index < -0.39 is 10.0 Å². The number of nitrogens with one attached hydrogen (secondary N) is 1. The van der Waals surface area contributed by atoms with Gasteiger partial charge in [-0.05, 0) is 25.9 Å². The largest absolute Gasteiger partial charge is 0.340 e. The lowest BCUT2D eigenvalue weighted by Crippen LogP contribution is -2.52. The standard InChI is InChI=1S/C11H21N3O3S/c1-18(16,17)14-8-6-13(7-9-14)11(15)10-2-4-12-5-3-10/h10,12H,2-9H2,1H3. The molecular weight excluding hydrogens is 254 g/mol. The molecular formula is C11H21N3O3S. The zero-order valence-corrected chi connectivity index (χ0v) is 11.6. The highest BCUT2D eigenvalue weighted by Gasteiger charge is 2.30. The fourth-order valence-electron chi connectivity index (χ4n) is 2.57. The molecule has 6 nitrogen and oxygen atoms in total. The number of sulfonamides is 1. The second kappa shape index (κ2) is 5.54. The quantitative estimate of drug-likeness (QED) is 0.708. The van der Waals surface area contributed by atoms with Crippen LogP contribution in [-0.4, -0.2) is 69.1 Å². The molecule has 0 atom stereocenters. The van der Waals surface area contributed by atoms with Crippen LogP contribution in [0.3, 0.4) is 0 Å². The molecule has 0 aromatic carbocycles. The lowest BCUT2D eigenvalue weighted by atomic mass is 9.96. The van der Waals surface area contributed by atoms with E-state index in [1.165, 1.54) is 10.6 Å². The molecule has 0 saturated carbocycles. The van der Waals surface area contributed by atoms with E-state index in [-0.39, 0.29) is 11.8 Å². The zero-order valence-electron chi connectivity index (χ0n) is 10.8. The molecule has 2 rings (SSSR count). The van der Waals surface area contributed by atoms with E-state index >= 15 is 0 Å². The maximum Gasteiger partial charge on any atom is 0.225 e. The minimum absolute atomic E-state index is 0.121. The maximum atomic E-state index is 12.2. The van der Waals surface area contributed by atoms with Gasteiger partial charge < -0.3 is 10.2 Å². The number of nitrogens with zero attached hydrogens (tertiary/aromatic N) is 2. The van der Waals surface area contributed by atoms with Gasteiger partial charge in [-0.25, -0.2) is 8.42 Å². The summed E-state index contributed by atoms with van der Waals surface area (Å²) >= 11 is 0. The van der Waals surface area contributed by atoms with Gasteiger partial charge in [0, 0.05) is 32.1 Å². The number of hydrogen-bond donors (Lipinski definition) is 1. The van der Waals surface area contributed by atoms with Gasteiger partial charge in [0.1, 0.15) is 0 Å². The fourth-order valence-corrected chi connectivity index (χ4v) is 3.39. The fraction of sp³-hybridized carbons (Fsp3) is 0.909. The molecule has 1 amide bonds. The molecule has 0 aliphatic carbocycles. The summed E-state index contributed by atoms with van der Waals surface area (Å²) in [6.45, 7) is 3.70. The summed E-state index contributed by atoms with van der Waals surface area (Å²) < 4.78 is 24.2. The number of piperazine rings is 1. The van der Waals surface area contributed by atoms with Crippen molar-refractivity contribution in [2.45, 2.75) is 12.8 Å². The minimum Gasteiger partial charge on any atom is -0.340 e. The normalized spacial score (nSPS) is 24.2. The van der Waals surface area contributed by atoms with E-state index in [0.717, 1.165) is 25.9 Å². The number of carbonyl (C=O) groups is 1. The van der Waals surface area contributed by atoms with Crippen LogP contribution in [0, 0.1) is 5.92 Å². The number of rotatable bonds is 2. The SMILES string of the molecule is CS(=O)(=O)N1CCN(C(=O)C2CCNCC2)CC1. The van der Waals surface area contributed by atoms with Gasteiger partial charge in [0.25, 0.3) is 0 Å². The Labute approximate surface area is 108 Å². The van der Waals surface area contributed by atoms with Crippen molar-refractivity contribution < 1.29 is 13.2 Å². The molecule has 7 heteroatoms. The predicted molar refractivity (Wildman–Crippen MR) is 68.6 cm³/mol. The highest BCUT2D eigenvalue weighted by molar-refractivity contribution is 7.88. The number of amides is 1. The minimum atomic E-state index is -3.11.